The van der Waals surface area contributed by atoms with Crippen LogP contribution in [0.4, 0.5) is 4.39 Å². The minimum absolute atomic E-state index is 0.0374. The Morgan fingerprint density at radius 2 is 2.12 bits per heavy atom. The number of likely N-dealkylation sites (tertiary alicyclic amines) is 1. The predicted octanol–water partition coefficient (Wildman–Crippen LogP) is 3.83. The molecule has 1 atom stereocenters. The van der Waals surface area contributed by atoms with E-state index in [1.807, 2.05) is 27.2 Å². The molecule has 1 saturated heterocycles. The number of rotatable bonds is 3. The number of halogens is 1. The SMILES string of the molecule is O=C(Cc1ccc(F)cc1)N1CCCC[C@@H]1c1ncn2ccsc12. The van der Waals surface area contributed by atoms with Crippen LogP contribution in [0.15, 0.2) is 42.2 Å². The molecule has 1 aliphatic rings. The molecule has 0 aliphatic carbocycles. The summed E-state index contributed by atoms with van der Waals surface area (Å²) in [5, 5.41) is 2.04. The first-order valence-electron chi connectivity index (χ1n) is 8.16. The first-order chi connectivity index (χ1) is 11.7. The molecule has 2 aromatic heterocycles. The minimum Gasteiger partial charge on any atom is -0.334 e. The normalized spacial score (nSPS) is 18.2. The van der Waals surface area contributed by atoms with E-state index in [2.05, 4.69) is 4.98 Å². The number of fused-ring (bicyclic) bond motifs is 1. The number of carbonyl (C=O) groups excluding carboxylic acids is 1. The maximum absolute atomic E-state index is 13.0. The van der Waals surface area contributed by atoms with Gasteiger partial charge >= 0.3 is 0 Å². The van der Waals surface area contributed by atoms with Crippen molar-refractivity contribution in [3.05, 3.63) is 59.2 Å². The smallest absolute Gasteiger partial charge is 0.227 e. The van der Waals surface area contributed by atoms with Gasteiger partial charge in [-0.05, 0) is 37.0 Å². The van der Waals surface area contributed by atoms with Crippen LogP contribution in [0.2, 0.25) is 0 Å². The van der Waals surface area contributed by atoms with Crippen LogP contribution in [0.1, 0.15) is 36.6 Å². The van der Waals surface area contributed by atoms with Crippen LogP contribution in [0, 0.1) is 5.82 Å². The standard InChI is InChI=1S/C18H18FN3OS/c19-14-6-4-13(5-7-14)11-16(23)22-8-2-1-3-15(22)17-18-21(12-20-17)9-10-24-18/h4-7,9-10,12,15H,1-3,8,11H2/t15-/m1/s1. The molecule has 0 bridgehead atoms. The summed E-state index contributed by atoms with van der Waals surface area (Å²) in [5.41, 5.74) is 1.84. The Hall–Kier alpha value is -2.21. The Morgan fingerprint density at radius 1 is 1.29 bits per heavy atom. The van der Waals surface area contributed by atoms with Crippen molar-refractivity contribution in [2.45, 2.75) is 31.7 Å². The van der Waals surface area contributed by atoms with Crippen molar-refractivity contribution < 1.29 is 9.18 Å². The number of hydrogen-bond acceptors (Lipinski definition) is 3. The second-order valence-electron chi connectivity index (χ2n) is 6.15. The lowest BCUT2D eigenvalue weighted by Crippen LogP contribution is -2.39. The summed E-state index contributed by atoms with van der Waals surface area (Å²) >= 11 is 1.65. The lowest BCUT2D eigenvalue weighted by atomic mass is 9.98. The first-order valence-corrected chi connectivity index (χ1v) is 9.04. The van der Waals surface area contributed by atoms with Crippen molar-refractivity contribution >= 4 is 22.1 Å². The third kappa shape index (κ3) is 2.82. The molecule has 24 heavy (non-hydrogen) atoms. The van der Waals surface area contributed by atoms with Crippen LogP contribution in [-0.2, 0) is 11.2 Å². The summed E-state index contributed by atoms with van der Waals surface area (Å²) in [6.07, 6.45) is 7.18. The highest BCUT2D eigenvalue weighted by molar-refractivity contribution is 7.15. The monoisotopic (exact) mass is 343 g/mol. The van der Waals surface area contributed by atoms with Gasteiger partial charge in [0.15, 0.2) is 0 Å². The number of carbonyl (C=O) groups is 1. The van der Waals surface area contributed by atoms with Crippen LogP contribution >= 0.6 is 11.3 Å². The number of nitrogens with zero attached hydrogens (tertiary/aromatic N) is 3. The van der Waals surface area contributed by atoms with E-state index < -0.39 is 0 Å². The van der Waals surface area contributed by atoms with Gasteiger partial charge in [0.25, 0.3) is 0 Å². The van der Waals surface area contributed by atoms with Crippen molar-refractivity contribution in [1.82, 2.24) is 14.3 Å². The van der Waals surface area contributed by atoms with E-state index in [9.17, 15) is 9.18 Å². The number of hydrogen-bond donors (Lipinski definition) is 0. The first kappa shape index (κ1) is 15.3. The van der Waals surface area contributed by atoms with Crippen LogP contribution in [-0.4, -0.2) is 26.7 Å². The Labute approximate surface area is 143 Å². The zero-order valence-electron chi connectivity index (χ0n) is 13.2. The van der Waals surface area contributed by atoms with Gasteiger partial charge in [-0.15, -0.1) is 11.3 Å². The molecular formula is C18H18FN3OS. The van der Waals surface area contributed by atoms with Crippen molar-refractivity contribution in [2.75, 3.05) is 6.54 Å². The summed E-state index contributed by atoms with van der Waals surface area (Å²) in [5.74, 6) is -0.191. The molecule has 1 aromatic carbocycles. The Kier molecular flexibility index (Phi) is 4.06. The Morgan fingerprint density at radius 3 is 2.96 bits per heavy atom. The summed E-state index contributed by atoms with van der Waals surface area (Å²) < 4.78 is 15.1. The second kappa shape index (κ2) is 6.36. The van der Waals surface area contributed by atoms with E-state index >= 15 is 0 Å². The fourth-order valence-corrected chi connectivity index (χ4v) is 4.23. The quantitative estimate of drug-likeness (QED) is 0.725. The molecule has 3 aromatic rings. The largest absolute Gasteiger partial charge is 0.334 e. The van der Waals surface area contributed by atoms with Crippen LogP contribution < -0.4 is 0 Å². The maximum Gasteiger partial charge on any atom is 0.227 e. The lowest BCUT2D eigenvalue weighted by Gasteiger charge is -2.35. The molecule has 3 heterocycles. The Balaban J connectivity index is 1.58. The van der Waals surface area contributed by atoms with Gasteiger partial charge in [-0.3, -0.25) is 9.20 Å². The van der Waals surface area contributed by atoms with Crippen molar-refractivity contribution in [3.8, 4) is 0 Å². The van der Waals surface area contributed by atoms with Crippen molar-refractivity contribution in [3.63, 3.8) is 0 Å². The van der Waals surface area contributed by atoms with Gasteiger partial charge < -0.3 is 4.90 Å². The van der Waals surface area contributed by atoms with Gasteiger partial charge in [-0.1, -0.05) is 12.1 Å². The molecule has 1 aliphatic heterocycles. The predicted molar refractivity (Wildman–Crippen MR) is 91.5 cm³/mol. The average Bonchev–Trinajstić information content (AvgIpc) is 3.20. The van der Waals surface area contributed by atoms with E-state index in [0.29, 0.717) is 6.42 Å². The van der Waals surface area contributed by atoms with E-state index in [-0.39, 0.29) is 17.8 Å². The number of thiazole rings is 1. The van der Waals surface area contributed by atoms with Gasteiger partial charge in [0, 0.05) is 18.1 Å². The summed E-state index contributed by atoms with van der Waals surface area (Å²) in [6.45, 7) is 0.759. The zero-order valence-corrected chi connectivity index (χ0v) is 14.0. The van der Waals surface area contributed by atoms with Crippen LogP contribution in [0.5, 0.6) is 0 Å². The molecule has 0 unspecified atom stereocenters. The maximum atomic E-state index is 13.0. The summed E-state index contributed by atoms with van der Waals surface area (Å²) in [4.78, 5) is 20.5. The van der Waals surface area contributed by atoms with Crippen molar-refractivity contribution in [1.29, 1.82) is 0 Å². The molecule has 124 valence electrons. The molecule has 0 spiro atoms. The number of benzene rings is 1. The van der Waals surface area contributed by atoms with Gasteiger partial charge in [-0.2, -0.15) is 0 Å². The molecule has 6 heteroatoms. The average molecular weight is 343 g/mol. The summed E-state index contributed by atoms with van der Waals surface area (Å²) in [7, 11) is 0. The van der Waals surface area contributed by atoms with Crippen molar-refractivity contribution in [2.24, 2.45) is 0 Å². The Bertz CT molecular complexity index is 855. The molecule has 1 fully saturated rings. The van der Waals surface area contributed by atoms with Gasteiger partial charge in [0.1, 0.15) is 17.0 Å². The number of aromatic nitrogens is 2. The fraction of sp³-hybridized carbons (Fsp3) is 0.333. The van der Waals surface area contributed by atoms with E-state index in [4.69, 9.17) is 0 Å². The minimum atomic E-state index is -0.278. The highest BCUT2D eigenvalue weighted by atomic mass is 32.1. The fourth-order valence-electron chi connectivity index (χ4n) is 3.37. The molecular weight excluding hydrogens is 325 g/mol. The van der Waals surface area contributed by atoms with E-state index in [0.717, 1.165) is 41.9 Å². The highest BCUT2D eigenvalue weighted by Gasteiger charge is 2.30. The van der Waals surface area contributed by atoms with Crippen LogP contribution in [0.25, 0.3) is 4.83 Å². The molecule has 0 N–H and O–H groups in total. The van der Waals surface area contributed by atoms with Gasteiger partial charge in [-0.25, -0.2) is 9.37 Å². The van der Waals surface area contributed by atoms with E-state index in [1.54, 1.807) is 23.5 Å². The molecule has 0 saturated carbocycles. The molecule has 4 nitrogen and oxygen atoms in total. The van der Waals surface area contributed by atoms with Gasteiger partial charge in [0.05, 0.1) is 18.2 Å². The highest BCUT2D eigenvalue weighted by Crippen LogP contribution is 2.34. The number of piperidine rings is 1. The van der Waals surface area contributed by atoms with E-state index in [1.165, 1.54) is 12.1 Å². The van der Waals surface area contributed by atoms with Gasteiger partial charge in [0.2, 0.25) is 5.91 Å². The topological polar surface area (TPSA) is 37.6 Å². The van der Waals surface area contributed by atoms with Crippen LogP contribution in [0.3, 0.4) is 0 Å². The molecule has 0 radical (unpaired) electrons. The number of amides is 1. The molecule has 1 amide bonds. The zero-order chi connectivity index (χ0) is 16.5. The number of imidazole rings is 1. The third-order valence-electron chi connectivity index (χ3n) is 4.58. The summed E-state index contributed by atoms with van der Waals surface area (Å²) in [6, 6.07) is 6.21. The second-order valence-corrected chi connectivity index (χ2v) is 7.04. The molecule has 4 rings (SSSR count). The lowest BCUT2D eigenvalue weighted by molar-refractivity contribution is -0.134. The third-order valence-corrected chi connectivity index (χ3v) is 5.48.